The van der Waals surface area contributed by atoms with Crippen molar-refractivity contribution in [3.05, 3.63) is 10.9 Å². The van der Waals surface area contributed by atoms with E-state index in [1.54, 1.807) is 6.07 Å². The molecule has 0 amide bonds. The summed E-state index contributed by atoms with van der Waals surface area (Å²) in [6, 6.07) is 1.55. The normalized spacial score (nSPS) is 11.5. The number of ether oxygens (including phenoxy) is 1. The average Bonchev–Trinajstić information content (AvgIpc) is 2.32. The summed E-state index contributed by atoms with van der Waals surface area (Å²) in [5.74, 6) is 0.214. The maximum absolute atomic E-state index is 10.6. The van der Waals surface area contributed by atoms with Crippen LogP contribution in [0.4, 0.5) is 0 Å². The van der Waals surface area contributed by atoms with Gasteiger partial charge in [0.05, 0.1) is 7.11 Å². The van der Waals surface area contributed by atoms with E-state index in [2.05, 4.69) is 4.37 Å². The van der Waals surface area contributed by atoms with Gasteiger partial charge in [-0.2, -0.15) is 4.37 Å². The second-order valence-corrected chi connectivity index (χ2v) is 5.69. The van der Waals surface area contributed by atoms with Gasteiger partial charge in [0, 0.05) is 21.6 Å². The van der Waals surface area contributed by atoms with Gasteiger partial charge < -0.3 is 4.74 Å². The second-order valence-electron chi connectivity index (χ2n) is 2.02. The van der Waals surface area contributed by atoms with Gasteiger partial charge in [-0.05, 0) is 11.5 Å². The third-order valence-electron chi connectivity index (χ3n) is 1.06. The molecule has 1 rings (SSSR count). The lowest BCUT2D eigenvalue weighted by molar-refractivity contribution is 0.402. The molecule has 0 fully saturated rings. The molecule has 68 valence electrons. The first-order chi connectivity index (χ1) is 5.51. The molecule has 0 aliphatic heterocycles. The quantitative estimate of drug-likeness (QED) is 0.729. The molecule has 0 saturated heterocycles. The highest BCUT2D eigenvalue weighted by Crippen LogP contribution is 2.19. The van der Waals surface area contributed by atoms with Crippen LogP contribution in [0.2, 0.25) is 0 Å². The fraction of sp³-hybridized carbons (Fsp3) is 0.400. The van der Waals surface area contributed by atoms with Crippen LogP contribution in [0, 0.1) is 0 Å². The van der Waals surface area contributed by atoms with Crippen molar-refractivity contribution in [3.8, 4) is 5.88 Å². The largest absolute Gasteiger partial charge is 0.480 e. The molecule has 0 atom stereocenters. The Labute approximate surface area is 78.7 Å². The topological polar surface area (TPSA) is 56.3 Å². The monoisotopic (exact) mass is 227 g/mol. The van der Waals surface area contributed by atoms with Crippen molar-refractivity contribution in [2.75, 3.05) is 7.11 Å². The van der Waals surface area contributed by atoms with Crippen LogP contribution in [0.3, 0.4) is 0 Å². The van der Waals surface area contributed by atoms with Gasteiger partial charge in [-0.25, -0.2) is 8.42 Å². The van der Waals surface area contributed by atoms with Crippen molar-refractivity contribution in [2.45, 2.75) is 5.75 Å². The number of hydrogen-bond donors (Lipinski definition) is 0. The number of aromatic nitrogens is 1. The molecule has 4 nitrogen and oxygen atoms in total. The van der Waals surface area contributed by atoms with Gasteiger partial charge in [0.2, 0.25) is 14.9 Å². The number of nitrogens with zero attached hydrogens (tertiary/aromatic N) is 1. The van der Waals surface area contributed by atoms with Crippen LogP contribution in [0.15, 0.2) is 6.07 Å². The highest BCUT2D eigenvalue weighted by atomic mass is 35.7. The molecule has 0 saturated carbocycles. The second kappa shape index (κ2) is 3.59. The Hall–Kier alpha value is -0.330. The molecule has 0 spiro atoms. The van der Waals surface area contributed by atoms with Crippen LogP contribution in [-0.2, 0) is 14.8 Å². The first-order valence-electron chi connectivity index (χ1n) is 2.93. The van der Waals surface area contributed by atoms with Crippen LogP contribution in [0.5, 0.6) is 5.88 Å². The van der Waals surface area contributed by atoms with Gasteiger partial charge in [0.1, 0.15) is 5.75 Å². The third-order valence-corrected chi connectivity index (χ3v) is 2.99. The molecule has 0 aromatic carbocycles. The molecular formula is C5H6ClNO3S2. The third kappa shape index (κ3) is 2.96. The maximum Gasteiger partial charge on any atom is 0.237 e. The number of hydrogen-bond acceptors (Lipinski definition) is 5. The Morgan fingerprint density at radius 1 is 1.75 bits per heavy atom. The molecular weight excluding hydrogens is 222 g/mol. The Balaban J connectivity index is 2.78. The molecule has 1 aromatic heterocycles. The van der Waals surface area contributed by atoms with E-state index >= 15 is 0 Å². The summed E-state index contributed by atoms with van der Waals surface area (Å²) in [5, 5.41) is 0. The Morgan fingerprint density at radius 3 is 2.83 bits per heavy atom. The van der Waals surface area contributed by atoms with Gasteiger partial charge in [-0.15, -0.1) is 0 Å². The van der Waals surface area contributed by atoms with E-state index in [4.69, 9.17) is 15.4 Å². The molecule has 12 heavy (non-hydrogen) atoms. The van der Waals surface area contributed by atoms with Crippen molar-refractivity contribution in [1.82, 2.24) is 4.37 Å². The van der Waals surface area contributed by atoms with Crippen LogP contribution in [0.25, 0.3) is 0 Å². The summed E-state index contributed by atoms with van der Waals surface area (Å²) >= 11 is 1.06. The molecule has 0 aliphatic rings. The molecule has 0 unspecified atom stereocenters. The van der Waals surface area contributed by atoms with Crippen LogP contribution < -0.4 is 4.74 Å². The summed E-state index contributed by atoms with van der Waals surface area (Å²) in [6.45, 7) is 0. The van der Waals surface area contributed by atoms with E-state index in [1.165, 1.54) is 7.11 Å². The van der Waals surface area contributed by atoms with Crippen LogP contribution >= 0.6 is 22.2 Å². The predicted octanol–water partition coefficient (Wildman–Crippen LogP) is 1.22. The highest BCUT2D eigenvalue weighted by molar-refractivity contribution is 8.13. The average molecular weight is 228 g/mol. The summed E-state index contributed by atoms with van der Waals surface area (Å²) in [5.41, 5.74) is 0. The zero-order valence-electron chi connectivity index (χ0n) is 6.15. The lowest BCUT2D eigenvalue weighted by atomic mass is 10.5. The Bertz CT molecular complexity index is 359. The minimum Gasteiger partial charge on any atom is -0.480 e. The zero-order valence-corrected chi connectivity index (χ0v) is 8.54. The van der Waals surface area contributed by atoms with Gasteiger partial charge in [-0.3, -0.25) is 0 Å². The van der Waals surface area contributed by atoms with E-state index in [0.717, 1.165) is 11.5 Å². The molecule has 0 radical (unpaired) electrons. The number of rotatable bonds is 3. The zero-order chi connectivity index (χ0) is 9.19. The summed E-state index contributed by atoms with van der Waals surface area (Å²) in [6.07, 6.45) is 0. The van der Waals surface area contributed by atoms with Crippen molar-refractivity contribution < 1.29 is 13.2 Å². The molecule has 0 bridgehead atoms. The van der Waals surface area contributed by atoms with E-state index < -0.39 is 9.05 Å². The van der Waals surface area contributed by atoms with E-state index in [-0.39, 0.29) is 5.75 Å². The van der Waals surface area contributed by atoms with Gasteiger partial charge >= 0.3 is 0 Å². The van der Waals surface area contributed by atoms with E-state index in [1.807, 2.05) is 0 Å². The van der Waals surface area contributed by atoms with Crippen molar-refractivity contribution in [3.63, 3.8) is 0 Å². The Kier molecular flexibility index (Phi) is 2.92. The summed E-state index contributed by atoms with van der Waals surface area (Å²) in [4.78, 5) is 0.571. The van der Waals surface area contributed by atoms with Gasteiger partial charge in [-0.1, -0.05) is 0 Å². The minimum absolute atomic E-state index is 0.199. The van der Waals surface area contributed by atoms with E-state index in [9.17, 15) is 8.42 Å². The standard InChI is InChI=1S/C5H6ClNO3S2/c1-10-5-2-4(11-7-5)3-12(6,8)9/h2H,3H2,1H3. The molecule has 7 heteroatoms. The summed E-state index contributed by atoms with van der Waals surface area (Å²) in [7, 11) is 3.01. The molecule has 1 aromatic rings. The predicted molar refractivity (Wildman–Crippen MR) is 47.1 cm³/mol. The lowest BCUT2D eigenvalue weighted by Crippen LogP contribution is -1.91. The number of methoxy groups -OCH3 is 1. The molecule has 1 heterocycles. The van der Waals surface area contributed by atoms with Crippen molar-refractivity contribution in [2.24, 2.45) is 0 Å². The van der Waals surface area contributed by atoms with Crippen molar-refractivity contribution >= 4 is 31.3 Å². The molecule has 0 N–H and O–H groups in total. The minimum atomic E-state index is -3.48. The fourth-order valence-corrected chi connectivity index (χ4v) is 2.76. The van der Waals surface area contributed by atoms with Crippen LogP contribution in [-0.4, -0.2) is 19.9 Å². The Morgan fingerprint density at radius 2 is 2.42 bits per heavy atom. The first-order valence-corrected chi connectivity index (χ1v) is 6.18. The smallest absolute Gasteiger partial charge is 0.237 e. The molecule has 0 aliphatic carbocycles. The SMILES string of the molecule is COc1cc(CS(=O)(=O)Cl)sn1. The maximum atomic E-state index is 10.6. The lowest BCUT2D eigenvalue weighted by Gasteiger charge is -1.88. The van der Waals surface area contributed by atoms with E-state index in [0.29, 0.717) is 10.8 Å². The summed E-state index contributed by atoms with van der Waals surface area (Å²) < 4.78 is 29.8. The van der Waals surface area contributed by atoms with Crippen molar-refractivity contribution in [1.29, 1.82) is 0 Å². The van der Waals surface area contributed by atoms with Crippen LogP contribution in [0.1, 0.15) is 4.88 Å². The van der Waals surface area contributed by atoms with Gasteiger partial charge in [0.25, 0.3) is 0 Å². The van der Waals surface area contributed by atoms with Gasteiger partial charge in [0.15, 0.2) is 0 Å². The highest BCUT2D eigenvalue weighted by Gasteiger charge is 2.10. The first kappa shape index (κ1) is 9.76. The fourth-order valence-electron chi connectivity index (χ4n) is 0.628. The number of halogens is 1.